The Labute approximate surface area is 71.6 Å². The second-order valence-corrected chi connectivity index (χ2v) is 3.38. The fourth-order valence-electron chi connectivity index (χ4n) is 0.821. The van der Waals surface area contributed by atoms with Gasteiger partial charge in [-0.3, -0.25) is 0 Å². The minimum Gasteiger partial charge on any atom is -0.447 e. The molecule has 0 saturated carbocycles. The lowest BCUT2D eigenvalue weighted by atomic mass is 10.1. The van der Waals surface area contributed by atoms with Crippen LogP contribution in [0.3, 0.4) is 0 Å². The van der Waals surface area contributed by atoms with Gasteiger partial charge in [-0.2, -0.15) is 0 Å². The van der Waals surface area contributed by atoms with Gasteiger partial charge in [-0.05, 0) is 13.8 Å². The zero-order chi connectivity index (χ0) is 9.03. The summed E-state index contributed by atoms with van der Waals surface area (Å²) in [6.45, 7) is 4.64. The molecule has 1 aromatic rings. The first kappa shape index (κ1) is 9.22. The van der Waals surface area contributed by atoms with Crippen LogP contribution >= 0.6 is 0 Å². The maximum absolute atomic E-state index is 9.34. The third-order valence-electron chi connectivity index (χ3n) is 1.34. The van der Waals surface area contributed by atoms with Crippen molar-refractivity contribution in [2.45, 2.75) is 26.0 Å². The summed E-state index contributed by atoms with van der Waals surface area (Å²) < 4.78 is 4.99. The van der Waals surface area contributed by atoms with Gasteiger partial charge < -0.3 is 14.8 Å². The summed E-state index contributed by atoms with van der Waals surface area (Å²) >= 11 is 0. The van der Waals surface area contributed by atoms with Crippen molar-refractivity contribution >= 4 is 0 Å². The average molecular weight is 170 g/mol. The molecule has 0 saturated heterocycles. The number of aliphatic hydroxyl groups is 1. The molecule has 12 heavy (non-hydrogen) atoms. The molecule has 4 heteroatoms. The van der Waals surface area contributed by atoms with Crippen LogP contribution in [0.1, 0.15) is 19.6 Å². The highest BCUT2D eigenvalue weighted by Gasteiger charge is 2.11. The number of nitrogens with zero attached hydrogens (tertiary/aromatic N) is 1. The molecule has 4 nitrogen and oxygen atoms in total. The minimum absolute atomic E-state index is 0.535. The molecule has 1 aromatic heterocycles. The molecule has 2 N–H and O–H groups in total. The van der Waals surface area contributed by atoms with Crippen LogP contribution in [-0.2, 0) is 6.54 Å². The number of hydrogen-bond donors (Lipinski definition) is 2. The third kappa shape index (κ3) is 3.50. The average Bonchev–Trinajstić information content (AvgIpc) is 2.36. The number of oxazole rings is 1. The Balaban J connectivity index is 2.20. The highest BCUT2D eigenvalue weighted by atomic mass is 16.3. The Kier molecular flexibility index (Phi) is 2.83. The lowest BCUT2D eigenvalue weighted by Crippen LogP contribution is -2.34. The maximum Gasteiger partial charge on any atom is 0.180 e. The number of hydrogen-bond acceptors (Lipinski definition) is 4. The molecule has 68 valence electrons. The molecule has 1 rings (SSSR count). The van der Waals surface area contributed by atoms with Crippen LogP contribution in [0.15, 0.2) is 17.0 Å². The van der Waals surface area contributed by atoms with Crippen LogP contribution < -0.4 is 5.32 Å². The summed E-state index contributed by atoms with van der Waals surface area (Å²) in [6.07, 6.45) is 3.04. The van der Waals surface area contributed by atoms with E-state index in [1.54, 1.807) is 20.0 Å². The summed E-state index contributed by atoms with van der Waals surface area (Å²) in [6, 6.07) is 0. The van der Waals surface area contributed by atoms with E-state index in [0.29, 0.717) is 13.1 Å². The molecule has 0 unspecified atom stereocenters. The quantitative estimate of drug-likeness (QED) is 0.692. The summed E-state index contributed by atoms with van der Waals surface area (Å²) in [4.78, 5) is 3.77. The highest BCUT2D eigenvalue weighted by Crippen LogP contribution is 1.99. The Hall–Kier alpha value is -0.870. The molecule has 0 amide bonds. The van der Waals surface area contributed by atoms with Crippen molar-refractivity contribution in [3.05, 3.63) is 18.4 Å². The first-order valence-corrected chi connectivity index (χ1v) is 3.88. The molecule has 0 aliphatic rings. The molecular weight excluding hydrogens is 156 g/mol. The van der Waals surface area contributed by atoms with Gasteiger partial charge in [0.25, 0.3) is 0 Å². The predicted octanol–water partition coefficient (Wildman–Crippen LogP) is 0.535. The van der Waals surface area contributed by atoms with E-state index < -0.39 is 5.60 Å². The molecule has 1 heterocycles. The predicted molar refractivity (Wildman–Crippen MR) is 44.5 cm³/mol. The lowest BCUT2D eigenvalue weighted by Gasteiger charge is -2.16. The van der Waals surface area contributed by atoms with E-state index in [4.69, 9.17) is 4.42 Å². The van der Waals surface area contributed by atoms with Crippen LogP contribution in [0.4, 0.5) is 0 Å². The Morgan fingerprint density at radius 3 is 2.92 bits per heavy atom. The third-order valence-corrected chi connectivity index (χ3v) is 1.34. The van der Waals surface area contributed by atoms with Gasteiger partial charge in [-0.1, -0.05) is 0 Å². The number of aromatic nitrogens is 1. The van der Waals surface area contributed by atoms with Crippen molar-refractivity contribution in [3.8, 4) is 0 Å². The van der Waals surface area contributed by atoms with E-state index in [-0.39, 0.29) is 0 Å². The molecular formula is C8H14N2O2. The Morgan fingerprint density at radius 1 is 1.67 bits per heavy atom. The van der Waals surface area contributed by atoms with Gasteiger partial charge in [-0.25, -0.2) is 4.98 Å². The van der Waals surface area contributed by atoms with Crippen molar-refractivity contribution in [3.63, 3.8) is 0 Å². The molecule has 0 aliphatic heterocycles. The van der Waals surface area contributed by atoms with Crippen LogP contribution in [0, 0.1) is 0 Å². The summed E-state index contributed by atoms with van der Waals surface area (Å²) in [7, 11) is 0. The molecule has 0 radical (unpaired) electrons. The van der Waals surface area contributed by atoms with Crippen LogP contribution in [0.2, 0.25) is 0 Å². The van der Waals surface area contributed by atoms with E-state index in [9.17, 15) is 5.11 Å². The largest absolute Gasteiger partial charge is 0.447 e. The molecule has 0 spiro atoms. The van der Waals surface area contributed by atoms with Gasteiger partial charge in [0, 0.05) is 6.54 Å². The molecule has 0 aliphatic carbocycles. The number of nitrogens with one attached hydrogen (secondary N) is 1. The summed E-state index contributed by atoms with van der Waals surface area (Å²) in [5.41, 5.74) is -0.681. The first-order chi connectivity index (χ1) is 5.58. The lowest BCUT2D eigenvalue weighted by molar-refractivity contribution is 0.0790. The van der Waals surface area contributed by atoms with Gasteiger partial charge in [0.1, 0.15) is 5.76 Å². The highest BCUT2D eigenvalue weighted by molar-refractivity contribution is 4.87. The SMILES string of the molecule is CC(C)(O)CNCc1cnco1. The van der Waals surface area contributed by atoms with Crippen molar-refractivity contribution in [2.24, 2.45) is 0 Å². The van der Waals surface area contributed by atoms with E-state index >= 15 is 0 Å². The molecule has 0 bridgehead atoms. The van der Waals surface area contributed by atoms with E-state index in [1.165, 1.54) is 6.39 Å². The van der Waals surface area contributed by atoms with E-state index in [2.05, 4.69) is 10.3 Å². The zero-order valence-electron chi connectivity index (χ0n) is 7.37. The Bertz CT molecular complexity index is 213. The number of rotatable bonds is 4. The van der Waals surface area contributed by atoms with Gasteiger partial charge in [-0.15, -0.1) is 0 Å². The van der Waals surface area contributed by atoms with Gasteiger partial charge in [0.2, 0.25) is 0 Å². The van der Waals surface area contributed by atoms with Gasteiger partial charge in [0.15, 0.2) is 6.39 Å². The van der Waals surface area contributed by atoms with Crippen molar-refractivity contribution < 1.29 is 9.52 Å². The normalized spacial score (nSPS) is 11.9. The summed E-state index contributed by atoms with van der Waals surface area (Å²) in [5.74, 6) is 0.777. The van der Waals surface area contributed by atoms with Crippen molar-refractivity contribution in [1.82, 2.24) is 10.3 Å². The summed E-state index contributed by atoms with van der Waals surface area (Å²) in [5, 5.41) is 12.4. The standard InChI is InChI=1S/C8H14N2O2/c1-8(2,11)5-9-3-7-4-10-6-12-7/h4,6,9,11H,3,5H2,1-2H3. The van der Waals surface area contributed by atoms with E-state index in [0.717, 1.165) is 5.76 Å². The monoisotopic (exact) mass is 170 g/mol. The van der Waals surface area contributed by atoms with Crippen LogP contribution in [-0.4, -0.2) is 22.2 Å². The first-order valence-electron chi connectivity index (χ1n) is 3.88. The van der Waals surface area contributed by atoms with E-state index in [1.807, 2.05) is 0 Å². The molecule has 0 fully saturated rings. The molecule has 0 aromatic carbocycles. The van der Waals surface area contributed by atoms with Crippen LogP contribution in [0.25, 0.3) is 0 Å². The second kappa shape index (κ2) is 3.69. The van der Waals surface area contributed by atoms with Gasteiger partial charge in [0.05, 0.1) is 18.3 Å². The Morgan fingerprint density at radius 2 is 2.42 bits per heavy atom. The van der Waals surface area contributed by atoms with Gasteiger partial charge >= 0.3 is 0 Å². The fraction of sp³-hybridized carbons (Fsp3) is 0.625. The van der Waals surface area contributed by atoms with Crippen LogP contribution in [0.5, 0.6) is 0 Å². The topological polar surface area (TPSA) is 58.3 Å². The minimum atomic E-state index is -0.681. The maximum atomic E-state index is 9.34. The van der Waals surface area contributed by atoms with Crippen molar-refractivity contribution in [2.75, 3.05) is 6.54 Å². The second-order valence-electron chi connectivity index (χ2n) is 3.38. The fourth-order valence-corrected chi connectivity index (χ4v) is 0.821. The van der Waals surface area contributed by atoms with Crippen molar-refractivity contribution in [1.29, 1.82) is 0 Å². The molecule has 0 atom stereocenters. The smallest absolute Gasteiger partial charge is 0.180 e. The zero-order valence-corrected chi connectivity index (χ0v) is 7.37.